The Bertz CT molecular complexity index is 1120. The van der Waals surface area contributed by atoms with Crippen LogP contribution < -0.4 is 20.3 Å². The van der Waals surface area contributed by atoms with Crippen LogP contribution in [0.2, 0.25) is 10.0 Å². The molecule has 1 aliphatic rings. The molecule has 186 valence electrons. The van der Waals surface area contributed by atoms with E-state index in [0.29, 0.717) is 24.3 Å². The van der Waals surface area contributed by atoms with Crippen LogP contribution in [0.25, 0.3) is 0 Å². The first-order valence-corrected chi connectivity index (χ1v) is 11.4. The first-order chi connectivity index (χ1) is 16.6. The minimum atomic E-state index is -1.47. The van der Waals surface area contributed by atoms with Crippen molar-refractivity contribution in [2.75, 3.05) is 23.9 Å². The van der Waals surface area contributed by atoms with Gasteiger partial charge in [-0.15, -0.1) is 0 Å². The molecule has 0 radical (unpaired) electrons. The standard InChI is InChI=1S/C23H25Cl2N5O5/c1-13(31)27-20-17(24)10-14(11-18(20)25)12-30(22(26)28-23(33)34)21(32)19-4-3-9-29(19)15-5-7-16(35-2)8-6-15/h5-8,10-11,19H,3-4,9,12H2,1-2H3,(H2,26,28)(H,27,31)(H,33,34). The van der Waals surface area contributed by atoms with E-state index in [1.165, 1.54) is 19.1 Å². The smallest absolute Gasteiger partial charge is 0.411 e. The average molecular weight is 522 g/mol. The zero-order valence-corrected chi connectivity index (χ0v) is 20.6. The van der Waals surface area contributed by atoms with Gasteiger partial charge in [0.05, 0.1) is 29.4 Å². The Morgan fingerprint density at radius 2 is 1.83 bits per heavy atom. The second kappa shape index (κ2) is 11.3. The number of nitrogens with one attached hydrogen (secondary N) is 3. The molecule has 0 bridgehead atoms. The molecule has 1 unspecified atom stereocenters. The van der Waals surface area contributed by atoms with Crippen LogP contribution >= 0.6 is 23.2 Å². The molecule has 2 aromatic rings. The molecule has 1 fully saturated rings. The van der Waals surface area contributed by atoms with Crippen molar-refractivity contribution < 1.29 is 24.2 Å². The van der Waals surface area contributed by atoms with E-state index in [1.807, 2.05) is 22.3 Å². The van der Waals surface area contributed by atoms with Crippen LogP contribution in [-0.4, -0.2) is 53.6 Å². The SMILES string of the molecule is COc1ccc(N2CCCC2C(=O)N(Cc2cc(Cl)c(NC(C)=O)c(Cl)c2)C(=N)NC(=O)O)cc1. The molecule has 1 atom stereocenters. The lowest BCUT2D eigenvalue weighted by Gasteiger charge is -2.31. The number of guanidine groups is 1. The van der Waals surface area contributed by atoms with Gasteiger partial charge in [-0.05, 0) is 54.8 Å². The summed E-state index contributed by atoms with van der Waals surface area (Å²) in [6.07, 6.45) is -0.188. The maximum atomic E-state index is 13.6. The number of carboxylic acid groups (broad SMARTS) is 1. The number of amides is 3. The molecule has 12 heteroatoms. The predicted octanol–water partition coefficient (Wildman–Crippen LogP) is 4.16. The number of ether oxygens (including phenoxy) is 1. The Morgan fingerprint density at radius 3 is 2.37 bits per heavy atom. The summed E-state index contributed by atoms with van der Waals surface area (Å²) in [5.41, 5.74) is 1.49. The molecular formula is C23H25Cl2N5O5. The molecule has 1 aliphatic heterocycles. The number of carbonyl (C=O) groups excluding carboxylic acids is 2. The number of hydrogen-bond donors (Lipinski definition) is 4. The Kier molecular flexibility index (Phi) is 8.42. The third-order valence-corrected chi connectivity index (χ3v) is 6.04. The number of nitrogens with zero attached hydrogens (tertiary/aromatic N) is 2. The van der Waals surface area contributed by atoms with Gasteiger partial charge in [-0.3, -0.25) is 25.2 Å². The monoisotopic (exact) mass is 521 g/mol. The lowest BCUT2D eigenvalue weighted by atomic mass is 10.1. The summed E-state index contributed by atoms with van der Waals surface area (Å²) < 4.78 is 5.20. The quantitative estimate of drug-likeness (QED) is 0.333. The average Bonchev–Trinajstić information content (AvgIpc) is 3.29. The Balaban J connectivity index is 1.90. The van der Waals surface area contributed by atoms with Crippen molar-refractivity contribution in [1.82, 2.24) is 10.2 Å². The third-order valence-electron chi connectivity index (χ3n) is 5.45. The van der Waals surface area contributed by atoms with Crippen LogP contribution in [0.15, 0.2) is 36.4 Å². The van der Waals surface area contributed by atoms with E-state index >= 15 is 0 Å². The molecule has 2 aromatic carbocycles. The number of anilines is 2. The number of methoxy groups -OCH3 is 1. The fraction of sp³-hybridized carbons (Fsp3) is 0.304. The van der Waals surface area contributed by atoms with Gasteiger partial charge in [-0.2, -0.15) is 0 Å². The minimum Gasteiger partial charge on any atom is -0.497 e. The van der Waals surface area contributed by atoms with Crippen LogP contribution in [0, 0.1) is 5.41 Å². The minimum absolute atomic E-state index is 0.147. The molecule has 4 N–H and O–H groups in total. The lowest BCUT2D eigenvalue weighted by molar-refractivity contribution is -0.129. The maximum Gasteiger partial charge on any atom is 0.411 e. The van der Waals surface area contributed by atoms with Crippen LogP contribution in [0.5, 0.6) is 5.75 Å². The van der Waals surface area contributed by atoms with E-state index in [-0.39, 0.29) is 28.2 Å². The summed E-state index contributed by atoms with van der Waals surface area (Å²) in [5.74, 6) is -0.718. The zero-order chi connectivity index (χ0) is 25.7. The van der Waals surface area contributed by atoms with Gasteiger partial charge >= 0.3 is 6.09 Å². The van der Waals surface area contributed by atoms with Gasteiger partial charge in [-0.25, -0.2) is 4.79 Å². The van der Waals surface area contributed by atoms with E-state index in [4.69, 9.17) is 38.5 Å². The summed E-state index contributed by atoms with van der Waals surface area (Å²) in [6.45, 7) is 1.78. The van der Waals surface area contributed by atoms with Crippen molar-refractivity contribution in [3.05, 3.63) is 52.0 Å². The van der Waals surface area contributed by atoms with Gasteiger partial charge in [0, 0.05) is 19.2 Å². The van der Waals surface area contributed by atoms with E-state index in [9.17, 15) is 14.4 Å². The fourth-order valence-corrected chi connectivity index (χ4v) is 4.54. The van der Waals surface area contributed by atoms with Gasteiger partial charge in [0.25, 0.3) is 5.91 Å². The van der Waals surface area contributed by atoms with E-state index in [0.717, 1.165) is 17.0 Å². The van der Waals surface area contributed by atoms with E-state index in [2.05, 4.69) is 5.32 Å². The molecular weight excluding hydrogens is 497 g/mol. The van der Waals surface area contributed by atoms with Crippen molar-refractivity contribution >= 4 is 58.4 Å². The fourth-order valence-electron chi connectivity index (χ4n) is 3.92. The highest BCUT2D eigenvalue weighted by molar-refractivity contribution is 6.39. The number of benzene rings is 2. The van der Waals surface area contributed by atoms with E-state index in [1.54, 1.807) is 19.2 Å². The Hall–Kier alpha value is -3.50. The van der Waals surface area contributed by atoms with Crippen molar-refractivity contribution in [2.45, 2.75) is 32.4 Å². The zero-order valence-electron chi connectivity index (χ0n) is 19.1. The molecule has 3 rings (SSSR count). The summed E-state index contributed by atoms with van der Waals surface area (Å²) in [7, 11) is 1.57. The van der Waals surface area contributed by atoms with Crippen molar-refractivity contribution in [3.8, 4) is 5.75 Å². The molecule has 1 heterocycles. The van der Waals surface area contributed by atoms with Crippen LogP contribution in [0.3, 0.4) is 0 Å². The second-order valence-corrected chi connectivity index (χ2v) is 8.68. The second-order valence-electron chi connectivity index (χ2n) is 7.87. The third kappa shape index (κ3) is 6.34. The molecule has 0 aliphatic carbocycles. The molecule has 3 amide bonds. The molecule has 10 nitrogen and oxygen atoms in total. The number of halogens is 2. The summed E-state index contributed by atoms with van der Waals surface area (Å²) in [4.78, 5) is 39.2. The molecule has 35 heavy (non-hydrogen) atoms. The highest BCUT2D eigenvalue weighted by Gasteiger charge is 2.36. The van der Waals surface area contributed by atoms with Gasteiger partial charge in [0.2, 0.25) is 11.9 Å². The molecule has 1 saturated heterocycles. The first-order valence-electron chi connectivity index (χ1n) is 10.7. The maximum absolute atomic E-state index is 13.6. The van der Waals surface area contributed by atoms with Crippen LogP contribution in [0.4, 0.5) is 16.2 Å². The highest BCUT2D eigenvalue weighted by atomic mass is 35.5. The molecule has 0 saturated carbocycles. The van der Waals surface area contributed by atoms with Gasteiger partial charge in [-0.1, -0.05) is 23.2 Å². The predicted molar refractivity (Wildman–Crippen MR) is 134 cm³/mol. The Morgan fingerprint density at radius 1 is 1.20 bits per heavy atom. The van der Waals surface area contributed by atoms with Gasteiger partial charge in [0.15, 0.2) is 0 Å². The van der Waals surface area contributed by atoms with E-state index < -0.39 is 24.0 Å². The normalized spacial score (nSPS) is 14.9. The van der Waals surface area contributed by atoms with Gasteiger partial charge in [0.1, 0.15) is 11.8 Å². The highest BCUT2D eigenvalue weighted by Crippen LogP contribution is 2.33. The molecule has 0 spiro atoms. The summed E-state index contributed by atoms with van der Waals surface area (Å²) in [6, 6.07) is 9.67. The first kappa shape index (κ1) is 26.1. The van der Waals surface area contributed by atoms with Crippen molar-refractivity contribution in [2.24, 2.45) is 0 Å². The van der Waals surface area contributed by atoms with Crippen LogP contribution in [0.1, 0.15) is 25.3 Å². The largest absolute Gasteiger partial charge is 0.497 e. The van der Waals surface area contributed by atoms with Crippen molar-refractivity contribution in [3.63, 3.8) is 0 Å². The Labute approximate surface area is 212 Å². The lowest BCUT2D eigenvalue weighted by Crippen LogP contribution is -2.52. The molecule has 0 aromatic heterocycles. The summed E-state index contributed by atoms with van der Waals surface area (Å²) >= 11 is 12.6. The van der Waals surface area contributed by atoms with Gasteiger partial charge < -0.3 is 20.1 Å². The number of rotatable bonds is 6. The number of carbonyl (C=O) groups is 3. The summed E-state index contributed by atoms with van der Waals surface area (Å²) in [5, 5.41) is 22.2. The van der Waals surface area contributed by atoms with Crippen molar-refractivity contribution in [1.29, 1.82) is 5.41 Å². The van der Waals surface area contributed by atoms with Crippen LogP contribution in [-0.2, 0) is 16.1 Å². The topological polar surface area (TPSA) is 135 Å². The number of hydrogen-bond acceptors (Lipinski definition) is 6.